The van der Waals surface area contributed by atoms with Crippen molar-refractivity contribution < 1.29 is 5.11 Å². The van der Waals surface area contributed by atoms with Gasteiger partial charge in [0.05, 0.1) is 0 Å². The molecule has 0 radical (unpaired) electrons. The van der Waals surface area contributed by atoms with Gasteiger partial charge >= 0.3 is 0 Å². The number of phenols is 1. The van der Waals surface area contributed by atoms with Crippen LogP contribution in [0.1, 0.15) is 18.0 Å². The van der Waals surface area contributed by atoms with Gasteiger partial charge in [0.15, 0.2) is 0 Å². The van der Waals surface area contributed by atoms with Crippen LogP contribution in [0.25, 0.3) is 0 Å². The second-order valence-corrected chi connectivity index (χ2v) is 3.23. The topological polar surface area (TPSA) is 32.3 Å². The molecule has 2 heteroatoms. The van der Waals surface area contributed by atoms with Gasteiger partial charge in [-0.05, 0) is 12.5 Å². The molecule has 1 atom stereocenters. The van der Waals surface area contributed by atoms with E-state index < -0.39 is 0 Å². The van der Waals surface area contributed by atoms with Gasteiger partial charge in [-0.25, -0.2) is 0 Å². The van der Waals surface area contributed by atoms with Gasteiger partial charge in [0, 0.05) is 18.2 Å². The summed E-state index contributed by atoms with van der Waals surface area (Å²) in [4.78, 5) is 0. The molecule has 13 heavy (non-hydrogen) atoms. The van der Waals surface area contributed by atoms with E-state index in [-0.39, 0.29) is 6.04 Å². The number of hydrogen-bond acceptors (Lipinski definition) is 2. The van der Waals surface area contributed by atoms with Gasteiger partial charge in [0.2, 0.25) is 0 Å². The van der Waals surface area contributed by atoms with Crippen LogP contribution in [0.4, 0.5) is 0 Å². The molecule has 0 amide bonds. The molecule has 68 valence electrons. The van der Waals surface area contributed by atoms with Crippen molar-refractivity contribution in [3.05, 3.63) is 42.0 Å². The molecule has 0 aromatic heterocycles. The molecule has 1 heterocycles. The maximum absolute atomic E-state index is 9.60. The summed E-state index contributed by atoms with van der Waals surface area (Å²) in [5.74, 6) is 0.385. The lowest BCUT2D eigenvalue weighted by Crippen LogP contribution is -2.23. The maximum atomic E-state index is 9.60. The summed E-state index contributed by atoms with van der Waals surface area (Å²) < 4.78 is 0. The number of hydrogen-bond donors (Lipinski definition) is 2. The molecule has 0 fully saturated rings. The Morgan fingerprint density at radius 3 is 2.77 bits per heavy atom. The number of rotatable bonds is 1. The Hall–Kier alpha value is -1.28. The second kappa shape index (κ2) is 3.62. The molecule has 2 nitrogen and oxygen atoms in total. The Labute approximate surface area is 77.9 Å². The number of nitrogens with one attached hydrogen (secondary N) is 1. The fraction of sp³-hybridized carbons (Fsp3) is 0.273. The zero-order chi connectivity index (χ0) is 9.10. The Balaban J connectivity index is 2.24. The molecule has 2 rings (SSSR count). The standard InChI is InChI=1S/C11H13NO/c13-11-7-2-1-5-9(11)10-6-3-4-8-12-10/h1-5,7,10,12-13H,6,8H2/t10-/m0/s1. The van der Waals surface area contributed by atoms with Gasteiger partial charge in [-0.1, -0.05) is 30.4 Å². The molecule has 1 aromatic carbocycles. The first-order valence-electron chi connectivity index (χ1n) is 4.54. The van der Waals surface area contributed by atoms with Crippen molar-refractivity contribution in [1.82, 2.24) is 5.32 Å². The summed E-state index contributed by atoms with van der Waals surface area (Å²) in [6, 6.07) is 7.76. The zero-order valence-electron chi connectivity index (χ0n) is 7.40. The average Bonchev–Trinajstić information content (AvgIpc) is 2.20. The number of benzene rings is 1. The molecule has 1 aliphatic rings. The highest BCUT2D eigenvalue weighted by molar-refractivity contribution is 5.35. The van der Waals surface area contributed by atoms with Gasteiger partial charge in [0.25, 0.3) is 0 Å². The second-order valence-electron chi connectivity index (χ2n) is 3.23. The molecule has 1 aliphatic heterocycles. The van der Waals surface area contributed by atoms with Crippen molar-refractivity contribution in [2.45, 2.75) is 12.5 Å². The highest BCUT2D eigenvalue weighted by atomic mass is 16.3. The van der Waals surface area contributed by atoms with Crippen molar-refractivity contribution in [3.63, 3.8) is 0 Å². The number of para-hydroxylation sites is 1. The zero-order valence-corrected chi connectivity index (χ0v) is 7.40. The summed E-state index contributed by atoms with van der Waals surface area (Å²) >= 11 is 0. The average molecular weight is 175 g/mol. The first-order chi connectivity index (χ1) is 6.38. The molecule has 2 N–H and O–H groups in total. The largest absolute Gasteiger partial charge is 0.508 e. The van der Waals surface area contributed by atoms with Crippen LogP contribution in [-0.2, 0) is 0 Å². The van der Waals surface area contributed by atoms with E-state index in [2.05, 4.69) is 17.5 Å². The van der Waals surface area contributed by atoms with Crippen molar-refractivity contribution >= 4 is 0 Å². The molecular weight excluding hydrogens is 162 g/mol. The highest BCUT2D eigenvalue weighted by Crippen LogP contribution is 2.27. The third-order valence-corrected chi connectivity index (χ3v) is 2.33. The van der Waals surface area contributed by atoms with Gasteiger partial charge in [-0.15, -0.1) is 0 Å². The minimum atomic E-state index is 0.270. The van der Waals surface area contributed by atoms with E-state index in [4.69, 9.17) is 0 Å². The van der Waals surface area contributed by atoms with E-state index in [1.807, 2.05) is 18.2 Å². The summed E-state index contributed by atoms with van der Waals surface area (Å²) in [5.41, 5.74) is 0.992. The van der Waals surface area contributed by atoms with Gasteiger partial charge in [-0.3, -0.25) is 0 Å². The Morgan fingerprint density at radius 1 is 1.23 bits per heavy atom. The lowest BCUT2D eigenvalue weighted by Gasteiger charge is -2.20. The molecule has 0 saturated heterocycles. The Morgan fingerprint density at radius 2 is 2.08 bits per heavy atom. The van der Waals surface area contributed by atoms with Crippen molar-refractivity contribution in [2.75, 3.05) is 6.54 Å². The Kier molecular flexibility index (Phi) is 2.32. The van der Waals surface area contributed by atoms with Crippen LogP contribution in [0.15, 0.2) is 36.4 Å². The van der Waals surface area contributed by atoms with E-state index in [0.29, 0.717) is 5.75 Å². The summed E-state index contributed by atoms with van der Waals surface area (Å²) in [6.45, 7) is 0.888. The smallest absolute Gasteiger partial charge is 0.120 e. The molecule has 0 spiro atoms. The first-order valence-corrected chi connectivity index (χ1v) is 4.54. The first kappa shape index (κ1) is 8.32. The lowest BCUT2D eigenvalue weighted by molar-refractivity contribution is 0.448. The molecule has 0 bridgehead atoms. The van der Waals surface area contributed by atoms with E-state index in [9.17, 15) is 5.11 Å². The van der Waals surface area contributed by atoms with Gasteiger partial charge in [-0.2, -0.15) is 0 Å². The van der Waals surface area contributed by atoms with Crippen molar-refractivity contribution in [3.8, 4) is 5.75 Å². The van der Waals surface area contributed by atoms with Crippen LogP contribution in [0, 0.1) is 0 Å². The number of phenolic OH excluding ortho intramolecular Hbond substituents is 1. The minimum absolute atomic E-state index is 0.270. The Bertz CT molecular complexity index is 320. The fourth-order valence-electron chi connectivity index (χ4n) is 1.63. The molecule has 0 unspecified atom stereocenters. The third-order valence-electron chi connectivity index (χ3n) is 2.33. The summed E-state index contributed by atoms with van der Waals surface area (Å²) in [7, 11) is 0. The van der Waals surface area contributed by atoms with Crippen LogP contribution in [0.2, 0.25) is 0 Å². The van der Waals surface area contributed by atoms with Crippen LogP contribution >= 0.6 is 0 Å². The van der Waals surface area contributed by atoms with E-state index in [1.54, 1.807) is 6.07 Å². The SMILES string of the molecule is Oc1ccccc1[C@@H]1CC=CCN1. The normalized spacial score (nSPS) is 21.7. The summed E-state index contributed by atoms with van der Waals surface area (Å²) in [6.07, 6.45) is 5.21. The maximum Gasteiger partial charge on any atom is 0.120 e. The van der Waals surface area contributed by atoms with E-state index in [1.165, 1.54) is 0 Å². The quantitative estimate of drug-likeness (QED) is 0.640. The fourth-order valence-corrected chi connectivity index (χ4v) is 1.63. The predicted octanol–water partition coefficient (Wildman–Crippen LogP) is 1.98. The van der Waals surface area contributed by atoms with Gasteiger partial charge in [0.1, 0.15) is 5.75 Å². The minimum Gasteiger partial charge on any atom is -0.508 e. The molecule has 0 saturated carbocycles. The van der Waals surface area contributed by atoms with E-state index in [0.717, 1.165) is 18.5 Å². The van der Waals surface area contributed by atoms with Crippen molar-refractivity contribution in [1.29, 1.82) is 0 Å². The summed E-state index contributed by atoms with van der Waals surface area (Å²) in [5, 5.41) is 12.9. The molecular formula is C11H13NO. The molecule has 1 aromatic rings. The highest BCUT2D eigenvalue weighted by Gasteiger charge is 2.13. The third kappa shape index (κ3) is 1.73. The van der Waals surface area contributed by atoms with Gasteiger partial charge < -0.3 is 10.4 Å². The number of aromatic hydroxyl groups is 1. The van der Waals surface area contributed by atoms with Crippen molar-refractivity contribution in [2.24, 2.45) is 0 Å². The molecule has 0 aliphatic carbocycles. The van der Waals surface area contributed by atoms with Crippen LogP contribution < -0.4 is 5.32 Å². The lowest BCUT2D eigenvalue weighted by atomic mass is 10.0. The van der Waals surface area contributed by atoms with E-state index >= 15 is 0 Å². The predicted molar refractivity (Wildman–Crippen MR) is 52.6 cm³/mol. The van der Waals surface area contributed by atoms with Crippen LogP contribution in [-0.4, -0.2) is 11.7 Å². The monoisotopic (exact) mass is 175 g/mol. The van der Waals surface area contributed by atoms with Crippen LogP contribution in [0.3, 0.4) is 0 Å². The van der Waals surface area contributed by atoms with Crippen LogP contribution in [0.5, 0.6) is 5.75 Å².